The van der Waals surface area contributed by atoms with E-state index in [0.29, 0.717) is 0 Å². The van der Waals surface area contributed by atoms with Crippen molar-refractivity contribution in [2.45, 2.75) is 0 Å². The fourth-order valence-electron chi connectivity index (χ4n) is 0.647. The molecule has 0 radical (unpaired) electrons. The maximum atomic E-state index is 8.41. The van der Waals surface area contributed by atoms with E-state index >= 15 is 0 Å². The first kappa shape index (κ1) is 9.94. The van der Waals surface area contributed by atoms with Crippen LogP contribution in [0.3, 0.4) is 0 Å². The number of nitrogens with one attached hydrogen (secondary N) is 1. The van der Waals surface area contributed by atoms with Crippen molar-refractivity contribution in [2.75, 3.05) is 19.2 Å². The number of aliphatic hydroxyl groups is 2. The van der Waals surface area contributed by atoms with Gasteiger partial charge in [-0.2, -0.15) is 0 Å². The Morgan fingerprint density at radius 2 is 1.73 bits per heavy atom. The fourth-order valence-corrected chi connectivity index (χ4v) is 0.647. The molecule has 0 aliphatic carbocycles. The van der Waals surface area contributed by atoms with Crippen molar-refractivity contribution in [3.05, 3.63) is 30.3 Å². The molecule has 3 N–H and O–H groups in total. The van der Waals surface area contributed by atoms with Crippen LogP contribution in [-0.2, 0) is 0 Å². The molecule has 0 atom stereocenters. The smallest absolute Gasteiger partial charge is 0.113 e. The van der Waals surface area contributed by atoms with Gasteiger partial charge in [0.1, 0.15) is 6.73 Å². The molecule has 1 aromatic carbocycles. The van der Waals surface area contributed by atoms with Crippen LogP contribution in [-0.4, -0.2) is 24.1 Å². The first-order valence-electron chi connectivity index (χ1n) is 3.28. The molecular formula is C8H13NO2. The van der Waals surface area contributed by atoms with Crippen molar-refractivity contribution in [2.24, 2.45) is 0 Å². The minimum Gasteiger partial charge on any atom is -0.400 e. The standard InChI is InChI=1S/C7H9NO.CH4O/c9-6-8-7-4-2-1-3-5-7;1-2/h1-5,8-9H,6H2;2H,1H3. The third kappa shape index (κ3) is 4.36. The Hall–Kier alpha value is -1.06. The lowest BCUT2D eigenvalue weighted by Gasteiger charge is -1.98. The van der Waals surface area contributed by atoms with Gasteiger partial charge >= 0.3 is 0 Å². The van der Waals surface area contributed by atoms with Crippen molar-refractivity contribution in [1.29, 1.82) is 0 Å². The number of para-hydroxylation sites is 1. The molecule has 0 saturated carbocycles. The van der Waals surface area contributed by atoms with E-state index in [-0.39, 0.29) is 6.73 Å². The Balaban J connectivity index is 0.000000461. The quantitative estimate of drug-likeness (QED) is 0.550. The molecule has 0 spiro atoms. The zero-order valence-corrected chi connectivity index (χ0v) is 6.49. The highest BCUT2D eigenvalue weighted by Gasteiger charge is 1.82. The minimum absolute atomic E-state index is 0.00991. The van der Waals surface area contributed by atoms with Gasteiger partial charge in [0.15, 0.2) is 0 Å². The van der Waals surface area contributed by atoms with Crippen LogP contribution in [0.4, 0.5) is 5.69 Å². The van der Waals surface area contributed by atoms with E-state index in [1.807, 2.05) is 30.3 Å². The molecule has 0 unspecified atom stereocenters. The summed E-state index contributed by atoms with van der Waals surface area (Å²) in [6.07, 6.45) is 0. The van der Waals surface area contributed by atoms with Crippen LogP contribution in [0.1, 0.15) is 0 Å². The second-order valence-electron chi connectivity index (χ2n) is 1.70. The van der Waals surface area contributed by atoms with Crippen molar-refractivity contribution in [1.82, 2.24) is 0 Å². The van der Waals surface area contributed by atoms with Crippen molar-refractivity contribution < 1.29 is 10.2 Å². The first-order chi connectivity index (χ1) is 5.43. The first-order valence-corrected chi connectivity index (χ1v) is 3.28. The second kappa shape index (κ2) is 7.05. The predicted octanol–water partition coefficient (Wildman–Crippen LogP) is 0.657. The van der Waals surface area contributed by atoms with Crippen molar-refractivity contribution in [3.63, 3.8) is 0 Å². The molecule has 1 rings (SSSR count). The van der Waals surface area contributed by atoms with Gasteiger partial charge in [-0.05, 0) is 12.1 Å². The summed E-state index contributed by atoms with van der Waals surface area (Å²) in [5.74, 6) is 0. The zero-order valence-electron chi connectivity index (χ0n) is 6.49. The molecule has 0 aromatic heterocycles. The van der Waals surface area contributed by atoms with Gasteiger partial charge in [0.2, 0.25) is 0 Å². The van der Waals surface area contributed by atoms with E-state index in [9.17, 15) is 0 Å². The fraction of sp³-hybridized carbons (Fsp3) is 0.250. The SMILES string of the molecule is CO.OCNc1ccccc1. The number of benzene rings is 1. The number of hydrogen-bond acceptors (Lipinski definition) is 3. The van der Waals surface area contributed by atoms with Crippen molar-refractivity contribution in [3.8, 4) is 0 Å². The Morgan fingerprint density at radius 1 is 1.18 bits per heavy atom. The number of rotatable bonds is 2. The van der Waals surface area contributed by atoms with Gasteiger partial charge in [0.05, 0.1) is 0 Å². The average Bonchev–Trinajstić information content (AvgIpc) is 2.11. The van der Waals surface area contributed by atoms with Crippen LogP contribution in [0.2, 0.25) is 0 Å². The van der Waals surface area contributed by atoms with Gasteiger partial charge in [-0.25, -0.2) is 0 Å². The van der Waals surface area contributed by atoms with E-state index in [4.69, 9.17) is 10.2 Å². The van der Waals surface area contributed by atoms with E-state index in [1.165, 1.54) is 0 Å². The Morgan fingerprint density at radius 3 is 2.18 bits per heavy atom. The maximum Gasteiger partial charge on any atom is 0.113 e. The summed E-state index contributed by atoms with van der Waals surface area (Å²) in [7, 11) is 1.00. The highest BCUT2D eigenvalue weighted by atomic mass is 16.3. The zero-order chi connectivity index (χ0) is 8.53. The summed E-state index contributed by atoms with van der Waals surface area (Å²) >= 11 is 0. The third-order valence-electron chi connectivity index (χ3n) is 1.06. The number of aliphatic hydroxyl groups excluding tert-OH is 2. The van der Waals surface area contributed by atoms with Crippen LogP contribution in [0.25, 0.3) is 0 Å². The van der Waals surface area contributed by atoms with E-state index in [1.54, 1.807) is 0 Å². The molecule has 0 aliphatic rings. The monoisotopic (exact) mass is 155 g/mol. The van der Waals surface area contributed by atoms with Crippen LogP contribution in [0, 0.1) is 0 Å². The molecule has 0 bridgehead atoms. The molecule has 3 nitrogen and oxygen atoms in total. The molecule has 0 amide bonds. The third-order valence-corrected chi connectivity index (χ3v) is 1.06. The van der Waals surface area contributed by atoms with Gasteiger partial charge in [-0.15, -0.1) is 0 Å². The maximum absolute atomic E-state index is 8.41. The lowest BCUT2D eigenvalue weighted by Crippen LogP contribution is -1.97. The molecule has 0 heterocycles. The summed E-state index contributed by atoms with van der Waals surface area (Å²) in [4.78, 5) is 0. The lowest BCUT2D eigenvalue weighted by atomic mass is 10.3. The Kier molecular flexibility index (Phi) is 6.37. The molecular weight excluding hydrogens is 142 g/mol. The van der Waals surface area contributed by atoms with Gasteiger partial charge in [0, 0.05) is 12.8 Å². The van der Waals surface area contributed by atoms with Gasteiger partial charge in [-0.3, -0.25) is 0 Å². The van der Waals surface area contributed by atoms with Gasteiger partial charge in [0.25, 0.3) is 0 Å². The summed E-state index contributed by atoms with van der Waals surface area (Å²) in [6.45, 7) is -0.00991. The molecule has 11 heavy (non-hydrogen) atoms. The van der Waals surface area contributed by atoms with E-state index in [2.05, 4.69) is 5.32 Å². The molecule has 0 aliphatic heterocycles. The van der Waals surface area contributed by atoms with Gasteiger partial charge in [-0.1, -0.05) is 18.2 Å². The summed E-state index contributed by atoms with van der Waals surface area (Å²) < 4.78 is 0. The number of hydrogen-bond donors (Lipinski definition) is 3. The van der Waals surface area contributed by atoms with Crippen LogP contribution in [0.5, 0.6) is 0 Å². The summed E-state index contributed by atoms with van der Waals surface area (Å²) in [6, 6.07) is 9.56. The summed E-state index contributed by atoms with van der Waals surface area (Å²) in [5, 5.41) is 18.2. The van der Waals surface area contributed by atoms with Crippen LogP contribution >= 0.6 is 0 Å². The van der Waals surface area contributed by atoms with E-state index < -0.39 is 0 Å². The highest BCUT2D eigenvalue weighted by molar-refractivity contribution is 5.41. The normalized spacial score (nSPS) is 7.91. The molecule has 62 valence electrons. The van der Waals surface area contributed by atoms with E-state index in [0.717, 1.165) is 12.8 Å². The average molecular weight is 155 g/mol. The molecule has 1 aromatic rings. The topological polar surface area (TPSA) is 52.5 Å². The van der Waals surface area contributed by atoms with Gasteiger partial charge < -0.3 is 15.5 Å². The highest BCUT2D eigenvalue weighted by Crippen LogP contribution is 2.02. The van der Waals surface area contributed by atoms with Crippen molar-refractivity contribution >= 4 is 5.69 Å². The van der Waals surface area contributed by atoms with Crippen LogP contribution < -0.4 is 5.32 Å². The summed E-state index contributed by atoms with van der Waals surface area (Å²) in [5.41, 5.74) is 0.944. The predicted molar refractivity (Wildman–Crippen MR) is 45.3 cm³/mol. The molecule has 3 heteroatoms. The minimum atomic E-state index is -0.00991. The molecule has 0 saturated heterocycles. The Labute approximate surface area is 66.3 Å². The Bertz CT molecular complexity index is 165. The van der Waals surface area contributed by atoms with Crippen LogP contribution in [0.15, 0.2) is 30.3 Å². The number of anilines is 1. The second-order valence-corrected chi connectivity index (χ2v) is 1.70. The molecule has 0 fully saturated rings. The largest absolute Gasteiger partial charge is 0.400 e. The lowest BCUT2D eigenvalue weighted by molar-refractivity contribution is 0.325.